The minimum atomic E-state index is -0.404. The second-order valence-electron chi connectivity index (χ2n) is 2.74. The van der Waals surface area contributed by atoms with E-state index < -0.39 is 5.97 Å². The number of methoxy groups -OCH3 is 1. The van der Waals surface area contributed by atoms with Gasteiger partial charge in [0.15, 0.2) is 0 Å². The Morgan fingerprint density at radius 3 is 3.07 bits per heavy atom. The maximum Gasteiger partial charge on any atom is 0.355 e. The summed E-state index contributed by atoms with van der Waals surface area (Å²) in [6.07, 6.45) is 0. The molecule has 2 heterocycles. The van der Waals surface area contributed by atoms with E-state index in [1.54, 1.807) is 5.38 Å². The van der Waals surface area contributed by atoms with Crippen LogP contribution in [0.1, 0.15) is 10.5 Å². The average Bonchev–Trinajstić information content (AvgIpc) is 2.78. The number of halogens is 1. The van der Waals surface area contributed by atoms with Crippen molar-refractivity contribution in [3.63, 3.8) is 0 Å². The molecule has 15 heavy (non-hydrogen) atoms. The number of hydrogen-bond donors (Lipinski definition) is 1. The first-order chi connectivity index (χ1) is 7.19. The number of rotatable bonds is 1. The molecule has 0 aliphatic heterocycles. The Labute approximate surface area is 103 Å². The second-order valence-corrected chi connectivity index (χ2v) is 4.70. The van der Waals surface area contributed by atoms with Crippen molar-refractivity contribution in [3.8, 4) is 0 Å². The lowest BCUT2D eigenvalue weighted by atomic mass is 10.4. The first-order valence-corrected chi connectivity index (χ1v) is 5.89. The van der Waals surface area contributed by atoms with Crippen LogP contribution in [-0.4, -0.2) is 18.1 Å². The maximum absolute atomic E-state index is 11.4. The molecule has 0 aliphatic rings. The molecule has 6 heteroatoms. The summed E-state index contributed by atoms with van der Waals surface area (Å²) < 4.78 is 6.39. The summed E-state index contributed by atoms with van der Waals surface area (Å²) in [5.74, 6) is -0.404. The van der Waals surface area contributed by atoms with E-state index in [1.165, 1.54) is 18.4 Å². The summed E-state index contributed by atoms with van der Waals surface area (Å²) in [5.41, 5.74) is 1.69. The van der Waals surface area contributed by atoms with Crippen LogP contribution in [0.15, 0.2) is 5.38 Å². The number of ether oxygens (including phenoxy) is 1. The molecule has 2 aromatic heterocycles. The number of fused-ring (bicyclic) bond motifs is 1. The minimum Gasteiger partial charge on any atom is -0.464 e. The summed E-state index contributed by atoms with van der Waals surface area (Å²) in [7, 11) is 1.34. The molecule has 0 atom stereocenters. The number of carbonyl (C=O) groups is 1. The van der Waals surface area contributed by atoms with Gasteiger partial charge in [0, 0.05) is 0 Å². The third-order valence-electron chi connectivity index (χ3n) is 1.95. The highest BCUT2D eigenvalue weighted by molar-refractivity contribution is 14.1. The first kappa shape index (κ1) is 10.4. The van der Waals surface area contributed by atoms with E-state index in [1.807, 2.05) is 0 Å². The Morgan fingerprint density at radius 2 is 2.47 bits per heavy atom. The van der Waals surface area contributed by atoms with Crippen LogP contribution in [0, 0.1) is 10.1 Å². The molecule has 0 saturated heterocycles. The Hall–Kier alpha value is -1.07. The van der Waals surface area contributed by atoms with Crippen LogP contribution in [0.25, 0.3) is 15.1 Å². The molecular weight excluding hydrogens is 327 g/mol. The van der Waals surface area contributed by atoms with Crippen molar-refractivity contribution in [1.29, 1.82) is 0 Å². The van der Waals surface area contributed by atoms with E-state index >= 15 is 0 Å². The van der Waals surface area contributed by atoms with Gasteiger partial charge in [-0.15, -0.1) is 0 Å². The summed E-state index contributed by atoms with van der Waals surface area (Å²) in [4.78, 5) is 17.7. The van der Waals surface area contributed by atoms with E-state index in [-0.39, 0.29) is 0 Å². The Kier molecular flexibility index (Phi) is 2.67. The van der Waals surface area contributed by atoms with Gasteiger partial charge in [-0.2, -0.15) is 11.3 Å². The average molecular weight is 332 g/mol. The van der Waals surface area contributed by atoms with E-state index in [0.717, 1.165) is 13.8 Å². The molecule has 1 N–H and O–H groups in total. The third-order valence-corrected chi connectivity index (χ3v) is 4.38. The lowest BCUT2D eigenvalue weighted by Crippen LogP contribution is -2.03. The molecule has 2 aromatic rings. The number of thiophene rings is 1. The van der Waals surface area contributed by atoms with Gasteiger partial charge in [-0.05, 0) is 28.0 Å². The molecule has 76 valence electrons. The zero-order chi connectivity index (χ0) is 11.0. The van der Waals surface area contributed by atoms with Crippen LogP contribution in [-0.2, 0) is 4.74 Å². The van der Waals surface area contributed by atoms with Crippen LogP contribution in [0.2, 0.25) is 0 Å². The smallest absolute Gasteiger partial charge is 0.355 e. The number of aromatic amines is 1. The molecule has 0 unspecified atom stereocenters. The van der Waals surface area contributed by atoms with Crippen LogP contribution >= 0.6 is 33.9 Å². The zero-order valence-electron chi connectivity index (χ0n) is 7.63. The van der Waals surface area contributed by atoms with E-state index in [9.17, 15) is 4.79 Å². The van der Waals surface area contributed by atoms with Gasteiger partial charge in [0.25, 0.3) is 0 Å². The number of nitrogens with zero attached hydrogens (tertiary/aromatic N) is 1. The topological polar surface area (TPSA) is 46.5 Å². The second kappa shape index (κ2) is 3.83. The molecular formula is C9H5IN2O2S. The Morgan fingerprint density at radius 1 is 1.73 bits per heavy atom. The van der Waals surface area contributed by atoms with E-state index in [2.05, 4.69) is 37.2 Å². The van der Waals surface area contributed by atoms with Gasteiger partial charge in [0.05, 0.1) is 27.5 Å². The fraction of sp³-hybridized carbons (Fsp3) is 0.111. The van der Waals surface area contributed by atoms with Crippen molar-refractivity contribution in [1.82, 2.24) is 4.98 Å². The maximum atomic E-state index is 11.4. The molecule has 0 aromatic carbocycles. The fourth-order valence-corrected chi connectivity index (χ4v) is 3.13. The lowest BCUT2D eigenvalue weighted by molar-refractivity contribution is 0.0594. The minimum absolute atomic E-state index is 0.404. The predicted molar refractivity (Wildman–Crippen MR) is 66.5 cm³/mol. The molecule has 0 spiro atoms. The fourth-order valence-electron chi connectivity index (χ4n) is 1.25. The molecule has 2 rings (SSSR count). The number of H-pyrrole nitrogens is 1. The first-order valence-electron chi connectivity index (χ1n) is 3.93. The van der Waals surface area contributed by atoms with E-state index in [4.69, 9.17) is 6.57 Å². The zero-order valence-corrected chi connectivity index (χ0v) is 10.6. The highest BCUT2D eigenvalue weighted by atomic mass is 127. The number of carbonyl (C=O) groups excluding carboxylic acids is 1. The molecule has 0 radical (unpaired) electrons. The van der Waals surface area contributed by atoms with Crippen LogP contribution < -0.4 is 0 Å². The van der Waals surface area contributed by atoms with Gasteiger partial charge < -0.3 is 9.72 Å². The largest absolute Gasteiger partial charge is 0.464 e. The summed E-state index contributed by atoms with van der Waals surface area (Å²) in [6.45, 7) is 6.97. The summed E-state index contributed by atoms with van der Waals surface area (Å²) in [6, 6.07) is 0. The molecule has 0 saturated carbocycles. The molecule has 0 fully saturated rings. The van der Waals surface area contributed by atoms with Gasteiger partial charge in [0.1, 0.15) is 5.69 Å². The monoisotopic (exact) mass is 332 g/mol. The van der Waals surface area contributed by atoms with Crippen molar-refractivity contribution in [3.05, 3.63) is 26.1 Å². The standard InChI is InChI=1S/C9H5IN2O2S/c1-11-4-3-15-8-5(10)7(9(13)14-2)12-6(4)8/h3,12H,2H3. The SMILES string of the molecule is [C-]#[N+]c1csc2c(I)c(C(=O)OC)[nH]c12. The van der Waals surface area contributed by atoms with Gasteiger partial charge in [0.2, 0.25) is 5.69 Å². The number of nitrogens with one attached hydrogen (secondary N) is 1. The number of hydrogen-bond acceptors (Lipinski definition) is 3. The normalized spacial score (nSPS) is 10.2. The Bertz CT molecular complexity index is 579. The number of esters is 1. The Balaban J connectivity index is 2.71. The van der Waals surface area contributed by atoms with Crippen molar-refractivity contribution < 1.29 is 9.53 Å². The van der Waals surface area contributed by atoms with Gasteiger partial charge in [-0.1, -0.05) is 0 Å². The van der Waals surface area contributed by atoms with E-state index in [0.29, 0.717) is 11.4 Å². The predicted octanol–water partition coefficient (Wildman–Crippen LogP) is 3.17. The van der Waals surface area contributed by atoms with Crippen LogP contribution in [0.5, 0.6) is 0 Å². The summed E-state index contributed by atoms with van der Waals surface area (Å²) >= 11 is 3.53. The lowest BCUT2D eigenvalue weighted by Gasteiger charge is -1.95. The van der Waals surface area contributed by atoms with Crippen LogP contribution in [0.3, 0.4) is 0 Å². The molecule has 4 nitrogen and oxygen atoms in total. The highest BCUT2D eigenvalue weighted by Crippen LogP contribution is 2.36. The third kappa shape index (κ3) is 1.52. The molecule has 0 bridgehead atoms. The van der Waals surface area contributed by atoms with Gasteiger partial charge in [-0.25, -0.2) is 9.64 Å². The quantitative estimate of drug-likeness (QED) is 0.495. The molecule has 0 aliphatic carbocycles. The van der Waals surface area contributed by atoms with Gasteiger partial charge in [-0.3, -0.25) is 0 Å². The van der Waals surface area contributed by atoms with Crippen molar-refractivity contribution >= 4 is 55.8 Å². The number of aromatic nitrogens is 1. The molecule has 0 amide bonds. The summed E-state index contributed by atoms with van der Waals surface area (Å²) in [5, 5.41) is 1.78. The van der Waals surface area contributed by atoms with Crippen LogP contribution in [0.4, 0.5) is 5.69 Å². The van der Waals surface area contributed by atoms with Crippen molar-refractivity contribution in [2.45, 2.75) is 0 Å². The van der Waals surface area contributed by atoms with Crippen molar-refractivity contribution in [2.24, 2.45) is 0 Å². The highest BCUT2D eigenvalue weighted by Gasteiger charge is 2.19. The van der Waals surface area contributed by atoms with Gasteiger partial charge >= 0.3 is 5.97 Å². The van der Waals surface area contributed by atoms with Crippen molar-refractivity contribution in [2.75, 3.05) is 7.11 Å².